The van der Waals surface area contributed by atoms with Gasteiger partial charge in [-0.1, -0.05) is 26.2 Å². The van der Waals surface area contributed by atoms with Crippen LogP contribution in [0, 0.1) is 0 Å². The van der Waals surface area contributed by atoms with Crippen LogP contribution < -0.4 is 15.8 Å². The quantitative estimate of drug-likeness (QED) is 0.825. The second kappa shape index (κ2) is 6.70. The summed E-state index contributed by atoms with van der Waals surface area (Å²) in [5.41, 5.74) is 5.96. The number of nitrogens with two attached hydrogens (primary N) is 1. The summed E-state index contributed by atoms with van der Waals surface area (Å²) in [6.45, 7) is 3.40. The topological polar surface area (TPSA) is 73.1 Å². The molecule has 5 nitrogen and oxygen atoms in total. The molecule has 5 heteroatoms. The fraction of sp³-hybridized carbons (Fsp3) is 0.714. The molecule has 0 saturated heterocycles. The van der Waals surface area contributed by atoms with E-state index in [9.17, 15) is 0 Å². The highest BCUT2D eigenvalue weighted by molar-refractivity contribution is 5.40. The van der Waals surface area contributed by atoms with Gasteiger partial charge in [-0.15, -0.1) is 0 Å². The summed E-state index contributed by atoms with van der Waals surface area (Å²) < 4.78 is 5.53. The number of ether oxygens (including phenoxy) is 1. The second-order valence-electron chi connectivity index (χ2n) is 5.26. The third kappa shape index (κ3) is 3.80. The first kappa shape index (κ1) is 14.1. The Kier molecular flexibility index (Phi) is 4.96. The van der Waals surface area contributed by atoms with Gasteiger partial charge in [-0.2, -0.15) is 0 Å². The fourth-order valence-corrected chi connectivity index (χ4v) is 2.57. The van der Waals surface area contributed by atoms with Gasteiger partial charge in [-0.05, 0) is 19.3 Å². The molecule has 106 valence electrons. The molecule has 0 amide bonds. The maximum atomic E-state index is 5.97. The molecule has 0 unspecified atom stereocenters. The summed E-state index contributed by atoms with van der Waals surface area (Å²) in [7, 11) is 0. The van der Waals surface area contributed by atoms with Crippen molar-refractivity contribution in [1.29, 1.82) is 0 Å². The van der Waals surface area contributed by atoms with Crippen LogP contribution in [0.15, 0.2) is 12.4 Å². The number of hydrogen-bond acceptors (Lipinski definition) is 5. The zero-order valence-electron chi connectivity index (χ0n) is 11.7. The maximum Gasteiger partial charge on any atom is 0.218 e. The van der Waals surface area contributed by atoms with E-state index in [1.165, 1.54) is 19.3 Å². The van der Waals surface area contributed by atoms with E-state index in [1.807, 2.05) is 6.07 Å². The van der Waals surface area contributed by atoms with Crippen LogP contribution in [0.25, 0.3) is 0 Å². The Hall–Kier alpha value is -1.36. The van der Waals surface area contributed by atoms with Crippen LogP contribution in [0.3, 0.4) is 0 Å². The fourth-order valence-electron chi connectivity index (χ4n) is 2.57. The van der Waals surface area contributed by atoms with Gasteiger partial charge in [-0.25, -0.2) is 9.97 Å². The molecular formula is C14H24N4O. The zero-order chi connectivity index (χ0) is 13.6. The average molecular weight is 264 g/mol. The van der Waals surface area contributed by atoms with Gasteiger partial charge in [0.25, 0.3) is 0 Å². The summed E-state index contributed by atoms with van der Waals surface area (Å²) in [6.07, 6.45) is 8.50. The molecule has 0 atom stereocenters. The lowest BCUT2D eigenvalue weighted by molar-refractivity contribution is 0.304. The van der Waals surface area contributed by atoms with Crippen molar-refractivity contribution < 1.29 is 4.74 Å². The molecule has 1 fully saturated rings. The van der Waals surface area contributed by atoms with Crippen molar-refractivity contribution in [2.75, 3.05) is 18.5 Å². The van der Waals surface area contributed by atoms with Crippen molar-refractivity contribution in [3.63, 3.8) is 0 Å². The number of rotatable bonds is 6. The van der Waals surface area contributed by atoms with E-state index in [-0.39, 0.29) is 5.54 Å². The molecule has 1 aliphatic carbocycles. The Balaban J connectivity index is 2.04. The normalized spacial score (nSPS) is 18.0. The van der Waals surface area contributed by atoms with Gasteiger partial charge >= 0.3 is 0 Å². The minimum atomic E-state index is -0.00533. The van der Waals surface area contributed by atoms with E-state index in [0.29, 0.717) is 19.0 Å². The highest BCUT2D eigenvalue weighted by Gasteiger charge is 2.30. The summed E-state index contributed by atoms with van der Waals surface area (Å²) in [6, 6.07) is 1.86. The van der Waals surface area contributed by atoms with Crippen LogP contribution in [0.1, 0.15) is 45.4 Å². The van der Waals surface area contributed by atoms with E-state index in [0.717, 1.165) is 25.1 Å². The number of nitrogens with one attached hydrogen (secondary N) is 1. The minimum Gasteiger partial charge on any atom is -0.478 e. The molecule has 1 aromatic heterocycles. The maximum absolute atomic E-state index is 5.97. The van der Waals surface area contributed by atoms with Gasteiger partial charge in [0.2, 0.25) is 5.88 Å². The molecule has 1 saturated carbocycles. The van der Waals surface area contributed by atoms with E-state index >= 15 is 0 Å². The number of anilines is 1. The van der Waals surface area contributed by atoms with Gasteiger partial charge in [-0.3, -0.25) is 0 Å². The third-order valence-electron chi connectivity index (χ3n) is 3.69. The van der Waals surface area contributed by atoms with E-state index in [1.54, 1.807) is 6.33 Å². The number of aromatic nitrogens is 2. The molecule has 0 aromatic carbocycles. The lowest BCUT2D eigenvalue weighted by atomic mass is 9.82. The molecule has 19 heavy (non-hydrogen) atoms. The lowest BCUT2D eigenvalue weighted by Crippen LogP contribution is -2.47. The van der Waals surface area contributed by atoms with Crippen molar-refractivity contribution in [3.8, 4) is 5.88 Å². The lowest BCUT2D eigenvalue weighted by Gasteiger charge is -2.37. The van der Waals surface area contributed by atoms with E-state index in [4.69, 9.17) is 10.5 Å². The van der Waals surface area contributed by atoms with Crippen LogP contribution in [0.5, 0.6) is 5.88 Å². The van der Waals surface area contributed by atoms with Gasteiger partial charge in [0.05, 0.1) is 12.1 Å². The van der Waals surface area contributed by atoms with Crippen molar-refractivity contribution in [3.05, 3.63) is 12.4 Å². The summed E-state index contributed by atoms with van der Waals surface area (Å²) in [5, 5.41) is 3.50. The van der Waals surface area contributed by atoms with Gasteiger partial charge in [0, 0.05) is 12.6 Å². The molecule has 0 radical (unpaired) electrons. The summed E-state index contributed by atoms with van der Waals surface area (Å²) >= 11 is 0. The Labute approximate surface area is 115 Å². The second-order valence-corrected chi connectivity index (χ2v) is 5.26. The SMILES string of the molecule is CCCOc1cc(NC2(CN)CCCCC2)ncn1. The predicted molar refractivity (Wildman–Crippen MR) is 76.3 cm³/mol. The molecule has 1 aliphatic rings. The molecule has 1 aromatic rings. The van der Waals surface area contributed by atoms with Gasteiger partial charge in [0.1, 0.15) is 12.1 Å². The van der Waals surface area contributed by atoms with Crippen molar-refractivity contribution in [1.82, 2.24) is 9.97 Å². The highest BCUT2D eigenvalue weighted by atomic mass is 16.5. The molecule has 0 spiro atoms. The largest absolute Gasteiger partial charge is 0.478 e. The molecule has 2 rings (SSSR count). The Morgan fingerprint density at radius 2 is 2.11 bits per heavy atom. The number of nitrogens with zero attached hydrogens (tertiary/aromatic N) is 2. The van der Waals surface area contributed by atoms with Gasteiger partial charge < -0.3 is 15.8 Å². The Morgan fingerprint density at radius 3 is 2.79 bits per heavy atom. The molecule has 1 heterocycles. The zero-order valence-corrected chi connectivity index (χ0v) is 11.7. The first-order valence-electron chi connectivity index (χ1n) is 7.21. The average Bonchev–Trinajstić information content (AvgIpc) is 2.46. The summed E-state index contributed by atoms with van der Waals surface area (Å²) in [4.78, 5) is 8.39. The van der Waals surface area contributed by atoms with Crippen molar-refractivity contribution >= 4 is 5.82 Å². The first-order chi connectivity index (χ1) is 9.28. The molecule has 0 bridgehead atoms. The van der Waals surface area contributed by atoms with E-state index in [2.05, 4.69) is 22.2 Å². The molecular weight excluding hydrogens is 240 g/mol. The van der Waals surface area contributed by atoms with Crippen LogP contribution in [-0.2, 0) is 0 Å². The van der Waals surface area contributed by atoms with Crippen LogP contribution in [0.2, 0.25) is 0 Å². The monoisotopic (exact) mass is 264 g/mol. The smallest absolute Gasteiger partial charge is 0.218 e. The number of hydrogen-bond donors (Lipinski definition) is 2. The van der Waals surface area contributed by atoms with E-state index < -0.39 is 0 Å². The van der Waals surface area contributed by atoms with Crippen LogP contribution in [0.4, 0.5) is 5.82 Å². The van der Waals surface area contributed by atoms with Crippen LogP contribution in [-0.4, -0.2) is 28.7 Å². The summed E-state index contributed by atoms with van der Waals surface area (Å²) in [5.74, 6) is 1.44. The van der Waals surface area contributed by atoms with Crippen molar-refractivity contribution in [2.45, 2.75) is 51.0 Å². The minimum absolute atomic E-state index is 0.00533. The van der Waals surface area contributed by atoms with Crippen molar-refractivity contribution in [2.24, 2.45) is 5.73 Å². The first-order valence-corrected chi connectivity index (χ1v) is 7.21. The Morgan fingerprint density at radius 1 is 1.32 bits per heavy atom. The van der Waals surface area contributed by atoms with Gasteiger partial charge in [0.15, 0.2) is 0 Å². The van der Waals surface area contributed by atoms with Crippen LogP contribution >= 0.6 is 0 Å². The standard InChI is InChI=1S/C14H24N4O/c1-2-8-19-13-9-12(16-11-17-13)18-14(10-15)6-4-3-5-7-14/h9,11H,2-8,10,15H2,1H3,(H,16,17,18). The molecule has 3 N–H and O–H groups in total. The highest BCUT2D eigenvalue weighted by Crippen LogP contribution is 2.30. The third-order valence-corrected chi connectivity index (χ3v) is 3.69. The molecule has 0 aliphatic heterocycles. The Bertz CT molecular complexity index is 391. The predicted octanol–water partition coefficient (Wildman–Crippen LogP) is 2.34.